The molecule has 18 heavy (non-hydrogen) atoms. The number of aryl methyl sites for hydroxylation is 1. The highest BCUT2D eigenvalue weighted by atomic mass is 16.4. The van der Waals surface area contributed by atoms with Crippen LogP contribution < -0.4 is 0 Å². The van der Waals surface area contributed by atoms with Crippen LogP contribution in [0, 0.1) is 0 Å². The summed E-state index contributed by atoms with van der Waals surface area (Å²) >= 11 is 0. The lowest BCUT2D eigenvalue weighted by Gasteiger charge is -2.19. The molecule has 1 aromatic heterocycles. The molecule has 0 saturated carbocycles. The van der Waals surface area contributed by atoms with Gasteiger partial charge in [0.25, 0.3) is 0 Å². The number of ketones is 1. The number of hydrogen-bond donors (Lipinski definition) is 1. The van der Waals surface area contributed by atoms with Gasteiger partial charge >= 0.3 is 5.97 Å². The molecular formula is C12H19N3O3. The van der Waals surface area contributed by atoms with E-state index in [0.29, 0.717) is 19.6 Å². The Morgan fingerprint density at radius 2 is 2.17 bits per heavy atom. The molecule has 1 aromatic rings. The number of carbonyl (C=O) groups excluding carboxylic acids is 1. The highest BCUT2D eigenvalue weighted by Gasteiger charge is 2.09. The zero-order valence-electron chi connectivity index (χ0n) is 10.6. The van der Waals surface area contributed by atoms with Crippen LogP contribution in [0.4, 0.5) is 0 Å². The van der Waals surface area contributed by atoms with E-state index in [1.807, 2.05) is 15.7 Å². The first-order valence-corrected chi connectivity index (χ1v) is 5.97. The summed E-state index contributed by atoms with van der Waals surface area (Å²) in [5.41, 5.74) is 0. The Morgan fingerprint density at radius 3 is 2.72 bits per heavy atom. The number of hydrogen-bond acceptors (Lipinski definition) is 4. The van der Waals surface area contributed by atoms with Crippen molar-refractivity contribution in [3.8, 4) is 0 Å². The first-order valence-electron chi connectivity index (χ1n) is 5.97. The molecule has 6 heteroatoms. The third-order valence-corrected chi connectivity index (χ3v) is 2.54. The van der Waals surface area contributed by atoms with Crippen LogP contribution in [-0.4, -0.2) is 50.9 Å². The van der Waals surface area contributed by atoms with E-state index in [1.165, 1.54) is 6.92 Å². The number of rotatable bonds is 9. The monoisotopic (exact) mass is 253 g/mol. The molecular weight excluding hydrogens is 234 g/mol. The molecule has 0 saturated heterocycles. The number of Topliss-reactive ketones (excluding diaryl/α,β-unsaturated/α-hetero) is 1. The van der Waals surface area contributed by atoms with E-state index in [4.69, 9.17) is 5.11 Å². The van der Waals surface area contributed by atoms with Crippen molar-refractivity contribution < 1.29 is 14.7 Å². The summed E-state index contributed by atoms with van der Waals surface area (Å²) in [4.78, 5) is 27.4. The number of carboxylic acids is 1. The van der Waals surface area contributed by atoms with Crippen molar-refractivity contribution in [3.05, 3.63) is 18.7 Å². The maximum absolute atomic E-state index is 11.1. The van der Waals surface area contributed by atoms with Crippen LogP contribution in [-0.2, 0) is 16.1 Å². The van der Waals surface area contributed by atoms with Crippen LogP contribution in [0.15, 0.2) is 18.7 Å². The van der Waals surface area contributed by atoms with Gasteiger partial charge in [-0.05, 0) is 13.3 Å². The Morgan fingerprint density at radius 1 is 1.39 bits per heavy atom. The first kappa shape index (κ1) is 14.4. The molecule has 1 N–H and O–H groups in total. The Kier molecular flexibility index (Phi) is 6.07. The normalized spacial score (nSPS) is 10.8. The Hall–Kier alpha value is -1.69. The molecule has 0 aliphatic heterocycles. The fourth-order valence-electron chi connectivity index (χ4n) is 1.73. The molecule has 0 atom stereocenters. The summed E-state index contributed by atoms with van der Waals surface area (Å²) in [5.74, 6) is -0.777. The van der Waals surface area contributed by atoms with E-state index in [1.54, 1.807) is 12.5 Å². The summed E-state index contributed by atoms with van der Waals surface area (Å²) in [7, 11) is 0. The van der Waals surface area contributed by atoms with Crippen molar-refractivity contribution in [2.45, 2.75) is 26.3 Å². The maximum atomic E-state index is 11.1. The molecule has 0 amide bonds. The predicted octanol–water partition coefficient (Wildman–Crippen LogP) is 0.639. The summed E-state index contributed by atoms with van der Waals surface area (Å²) in [6.45, 7) is 3.78. The number of aliphatic carboxylic acids is 1. The lowest BCUT2D eigenvalue weighted by atomic mass is 10.3. The zero-order chi connectivity index (χ0) is 13.4. The molecule has 6 nitrogen and oxygen atoms in total. The molecule has 1 heterocycles. The van der Waals surface area contributed by atoms with Gasteiger partial charge in [-0.1, -0.05) is 0 Å². The average Bonchev–Trinajstić information content (AvgIpc) is 2.77. The Bertz CT molecular complexity index is 376. The lowest BCUT2D eigenvalue weighted by Crippen LogP contribution is -2.32. The number of carbonyl (C=O) groups is 2. The van der Waals surface area contributed by atoms with E-state index in [2.05, 4.69) is 4.98 Å². The molecule has 0 aliphatic carbocycles. The van der Waals surface area contributed by atoms with Crippen molar-refractivity contribution >= 4 is 11.8 Å². The van der Waals surface area contributed by atoms with Crippen molar-refractivity contribution in [1.29, 1.82) is 0 Å². The fourth-order valence-corrected chi connectivity index (χ4v) is 1.73. The third kappa shape index (κ3) is 6.15. The molecule has 0 bridgehead atoms. The summed E-state index contributed by atoms with van der Waals surface area (Å²) < 4.78 is 1.96. The van der Waals surface area contributed by atoms with E-state index in [-0.39, 0.29) is 12.2 Å². The maximum Gasteiger partial charge on any atom is 0.304 e. The topological polar surface area (TPSA) is 75.4 Å². The van der Waals surface area contributed by atoms with Crippen molar-refractivity contribution in [1.82, 2.24) is 14.5 Å². The van der Waals surface area contributed by atoms with Gasteiger partial charge in [-0.2, -0.15) is 0 Å². The molecule has 100 valence electrons. The van der Waals surface area contributed by atoms with Gasteiger partial charge in [0.1, 0.15) is 5.78 Å². The number of aromatic nitrogens is 2. The second-order valence-corrected chi connectivity index (χ2v) is 4.28. The van der Waals surface area contributed by atoms with Gasteiger partial charge in [0, 0.05) is 32.0 Å². The standard InChI is InChI=1S/C12H19N3O3/c1-11(16)9-14(7-3-12(17)18)5-2-6-15-8-4-13-10-15/h4,8,10H,2-3,5-7,9H2,1H3,(H,17,18). The predicted molar refractivity (Wildman–Crippen MR) is 66.2 cm³/mol. The minimum atomic E-state index is -0.835. The van der Waals surface area contributed by atoms with E-state index in [9.17, 15) is 9.59 Å². The van der Waals surface area contributed by atoms with E-state index >= 15 is 0 Å². The Balaban J connectivity index is 2.30. The largest absolute Gasteiger partial charge is 0.481 e. The van der Waals surface area contributed by atoms with Crippen molar-refractivity contribution in [3.63, 3.8) is 0 Å². The SMILES string of the molecule is CC(=O)CN(CCCn1ccnc1)CCC(=O)O. The summed E-state index contributed by atoms with van der Waals surface area (Å²) in [6, 6.07) is 0. The second-order valence-electron chi connectivity index (χ2n) is 4.28. The van der Waals surface area contributed by atoms with Crippen molar-refractivity contribution in [2.75, 3.05) is 19.6 Å². The van der Waals surface area contributed by atoms with Gasteiger partial charge in [0.2, 0.25) is 0 Å². The molecule has 1 rings (SSSR count). The number of nitrogens with zero attached hydrogens (tertiary/aromatic N) is 3. The van der Waals surface area contributed by atoms with E-state index in [0.717, 1.165) is 13.0 Å². The van der Waals surface area contributed by atoms with Gasteiger partial charge in [-0.25, -0.2) is 4.98 Å². The molecule has 0 radical (unpaired) electrons. The fraction of sp³-hybridized carbons (Fsp3) is 0.583. The molecule has 0 aromatic carbocycles. The van der Waals surface area contributed by atoms with Gasteiger partial charge in [-0.15, -0.1) is 0 Å². The minimum Gasteiger partial charge on any atom is -0.481 e. The average molecular weight is 253 g/mol. The van der Waals surface area contributed by atoms with Crippen LogP contribution in [0.25, 0.3) is 0 Å². The molecule has 0 unspecified atom stereocenters. The molecule has 0 aliphatic rings. The lowest BCUT2D eigenvalue weighted by molar-refractivity contribution is -0.137. The van der Waals surface area contributed by atoms with Crippen molar-refractivity contribution in [2.24, 2.45) is 0 Å². The first-order chi connectivity index (χ1) is 8.58. The minimum absolute atomic E-state index is 0.0584. The van der Waals surface area contributed by atoms with E-state index < -0.39 is 5.97 Å². The summed E-state index contributed by atoms with van der Waals surface area (Å²) in [6.07, 6.45) is 6.28. The summed E-state index contributed by atoms with van der Waals surface area (Å²) in [5, 5.41) is 8.65. The van der Waals surface area contributed by atoms with Gasteiger partial charge in [0.15, 0.2) is 0 Å². The van der Waals surface area contributed by atoms with Gasteiger partial charge in [-0.3, -0.25) is 14.5 Å². The van der Waals surface area contributed by atoms with Crippen LogP contribution in [0.2, 0.25) is 0 Å². The quantitative estimate of drug-likeness (QED) is 0.699. The number of imidazole rings is 1. The van der Waals surface area contributed by atoms with Crippen LogP contribution >= 0.6 is 0 Å². The second kappa shape index (κ2) is 7.60. The zero-order valence-corrected chi connectivity index (χ0v) is 10.6. The Labute approximate surface area is 106 Å². The molecule has 0 spiro atoms. The number of carboxylic acid groups (broad SMARTS) is 1. The highest BCUT2D eigenvalue weighted by Crippen LogP contribution is 1.98. The molecule has 0 fully saturated rings. The van der Waals surface area contributed by atoms with Crippen LogP contribution in [0.5, 0.6) is 0 Å². The van der Waals surface area contributed by atoms with Crippen LogP contribution in [0.1, 0.15) is 19.8 Å². The van der Waals surface area contributed by atoms with Gasteiger partial charge in [0.05, 0.1) is 19.3 Å². The third-order valence-electron chi connectivity index (χ3n) is 2.54. The highest BCUT2D eigenvalue weighted by molar-refractivity contribution is 5.77. The smallest absolute Gasteiger partial charge is 0.304 e. The van der Waals surface area contributed by atoms with Gasteiger partial charge < -0.3 is 9.67 Å². The van der Waals surface area contributed by atoms with Crippen LogP contribution in [0.3, 0.4) is 0 Å².